The largest absolute Gasteiger partial charge is 0.390 e. The molecular weight excluding hydrogens is 300 g/mol. The highest BCUT2D eigenvalue weighted by molar-refractivity contribution is 6.99. The molecule has 0 saturated heterocycles. The quantitative estimate of drug-likeness (QED) is 0.848. The Kier molecular flexibility index (Phi) is 4.77. The molecule has 6 nitrogen and oxygen atoms in total. The topological polar surface area (TPSA) is 78.4 Å². The summed E-state index contributed by atoms with van der Waals surface area (Å²) in [6.07, 6.45) is 1.83. The molecule has 2 N–H and O–H groups in total. The molecule has 7 heteroatoms. The van der Waals surface area contributed by atoms with E-state index in [0.29, 0.717) is 12.2 Å². The summed E-state index contributed by atoms with van der Waals surface area (Å²) in [6, 6.07) is 8.39. The van der Waals surface area contributed by atoms with Crippen molar-refractivity contribution in [3.63, 3.8) is 0 Å². The summed E-state index contributed by atoms with van der Waals surface area (Å²) in [6.45, 7) is 2.54. The van der Waals surface area contributed by atoms with E-state index in [1.165, 1.54) is 17.3 Å². The average molecular weight is 318 g/mol. The molecule has 0 bridgehead atoms. The Bertz CT molecular complexity index is 632. The van der Waals surface area contributed by atoms with E-state index in [2.05, 4.69) is 37.2 Å². The Morgan fingerprint density at radius 3 is 3.00 bits per heavy atom. The molecule has 1 aromatic carbocycles. The highest BCUT2D eigenvalue weighted by atomic mass is 32.1. The molecule has 2 aromatic rings. The third-order valence-corrected chi connectivity index (χ3v) is 4.25. The highest BCUT2D eigenvalue weighted by Gasteiger charge is 2.19. The van der Waals surface area contributed by atoms with Crippen molar-refractivity contribution in [1.29, 1.82) is 0 Å². The lowest BCUT2D eigenvalue weighted by Crippen LogP contribution is -2.42. The number of carbonyl (C=O) groups is 1. The molecule has 0 spiro atoms. The molecule has 116 valence electrons. The molecule has 1 aromatic heterocycles. The van der Waals surface area contributed by atoms with Gasteiger partial charge in [-0.15, -0.1) is 0 Å². The van der Waals surface area contributed by atoms with Gasteiger partial charge in [0.15, 0.2) is 5.69 Å². The lowest BCUT2D eigenvalue weighted by Gasteiger charge is -2.30. The number of nitrogens with one attached hydrogen (secondary N) is 1. The lowest BCUT2D eigenvalue weighted by molar-refractivity contribution is 0.0839. The number of aliphatic hydroxyl groups excluding tert-OH is 1. The minimum Gasteiger partial charge on any atom is -0.390 e. The first kappa shape index (κ1) is 15.1. The van der Waals surface area contributed by atoms with Crippen LogP contribution in [-0.4, -0.2) is 50.4 Å². The van der Waals surface area contributed by atoms with E-state index in [4.69, 9.17) is 0 Å². The number of nitrogens with zero attached hydrogens (tertiary/aromatic N) is 3. The van der Waals surface area contributed by atoms with Gasteiger partial charge >= 0.3 is 0 Å². The SMILES string of the molecule is O=C(NCC(O)CN1CCc2ccccc2C1)c1cnsn1. The van der Waals surface area contributed by atoms with Crippen LogP contribution in [0.25, 0.3) is 0 Å². The Morgan fingerprint density at radius 1 is 1.41 bits per heavy atom. The van der Waals surface area contributed by atoms with Gasteiger partial charge in [-0.05, 0) is 17.5 Å². The number of rotatable bonds is 5. The average Bonchev–Trinajstić information content (AvgIpc) is 3.07. The molecule has 1 atom stereocenters. The number of carbonyl (C=O) groups excluding carboxylic acids is 1. The Morgan fingerprint density at radius 2 is 2.23 bits per heavy atom. The van der Waals surface area contributed by atoms with Crippen molar-refractivity contribution >= 4 is 17.6 Å². The number of aliphatic hydroxyl groups is 1. The van der Waals surface area contributed by atoms with Gasteiger partial charge in [0.1, 0.15) is 0 Å². The Hall–Kier alpha value is -1.83. The van der Waals surface area contributed by atoms with Crippen molar-refractivity contribution in [2.24, 2.45) is 0 Å². The first-order valence-corrected chi connectivity index (χ1v) is 7.98. The van der Waals surface area contributed by atoms with Crippen molar-refractivity contribution in [3.05, 3.63) is 47.3 Å². The molecule has 0 fully saturated rings. The first-order valence-electron chi connectivity index (χ1n) is 7.25. The van der Waals surface area contributed by atoms with Crippen LogP contribution in [-0.2, 0) is 13.0 Å². The molecule has 1 aliphatic heterocycles. The summed E-state index contributed by atoms with van der Waals surface area (Å²) in [4.78, 5) is 13.9. The summed E-state index contributed by atoms with van der Waals surface area (Å²) >= 11 is 0.993. The van der Waals surface area contributed by atoms with E-state index in [0.717, 1.165) is 31.2 Å². The monoisotopic (exact) mass is 318 g/mol. The zero-order valence-electron chi connectivity index (χ0n) is 12.1. The second-order valence-electron chi connectivity index (χ2n) is 5.41. The predicted molar refractivity (Wildman–Crippen MR) is 83.7 cm³/mol. The zero-order chi connectivity index (χ0) is 15.4. The molecular formula is C15H18N4O2S. The second kappa shape index (κ2) is 6.95. The lowest BCUT2D eigenvalue weighted by atomic mass is 10.00. The first-order chi connectivity index (χ1) is 10.7. The Balaban J connectivity index is 1.46. The molecule has 0 saturated carbocycles. The molecule has 22 heavy (non-hydrogen) atoms. The second-order valence-corrected chi connectivity index (χ2v) is 5.97. The number of hydrogen-bond donors (Lipinski definition) is 2. The fraction of sp³-hybridized carbons (Fsp3) is 0.400. The number of hydrogen-bond acceptors (Lipinski definition) is 6. The van der Waals surface area contributed by atoms with Gasteiger partial charge in [0.25, 0.3) is 5.91 Å². The highest BCUT2D eigenvalue weighted by Crippen LogP contribution is 2.18. The van der Waals surface area contributed by atoms with Crippen LogP contribution in [0.4, 0.5) is 0 Å². The van der Waals surface area contributed by atoms with Crippen molar-refractivity contribution in [3.8, 4) is 0 Å². The fourth-order valence-corrected chi connectivity index (χ4v) is 3.05. The third-order valence-electron chi connectivity index (χ3n) is 3.77. The van der Waals surface area contributed by atoms with E-state index in [-0.39, 0.29) is 12.5 Å². The molecule has 1 amide bonds. The van der Waals surface area contributed by atoms with E-state index in [1.54, 1.807) is 0 Å². The molecule has 3 rings (SSSR count). The smallest absolute Gasteiger partial charge is 0.272 e. The number of aromatic nitrogens is 2. The van der Waals surface area contributed by atoms with E-state index >= 15 is 0 Å². The standard InChI is InChI=1S/C15H18N4O2S/c20-13(7-16-15(21)14-8-17-22-18-14)10-19-6-5-11-3-1-2-4-12(11)9-19/h1-4,8,13,20H,5-7,9-10H2,(H,16,21). The summed E-state index contributed by atoms with van der Waals surface area (Å²) in [5, 5.41) is 12.8. The van der Waals surface area contributed by atoms with Crippen LogP contribution in [0.2, 0.25) is 0 Å². The van der Waals surface area contributed by atoms with Gasteiger partial charge < -0.3 is 10.4 Å². The van der Waals surface area contributed by atoms with Gasteiger partial charge in [-0.2, -0.15) is 8.75 Å². The zero-order valence-corrected chi connectivity index (χ0v) is 12.9. The predicted octanol–water partition coefficient (Wildman–Crippen LogP) is 0.687. The normalized spacial score (nSPS) is 16.0. The van der Waals surface area contributed by atoms with Gasteiger partial charge in [0, 0.05) is 26.2 Å². The van der Waals surface area contributed by atoms with Crippen LogP contribution in [0.1, 0.15) is 21.6 Å². The van der Waals surface area contributed by atoms with Crippen LogP contribution < -0.4 is 5.32 Å². The van der Waals surface area contributed by atoms with Crippen LogP contribution in [0.5, 0.6) is 0 Å². The summed E-state index contributed by atoms with van der Waals surface area (Å²) in [7, 11) is 0. The van der Waals surface area contributed by atoms with Crippen molar-refractivity contribution in [2.75, 3.05) is 19.6 Å². The maximum atomic E-state index is 11.7. The maximum Gasteiger partial charge on any atom is 0.272 e. The minimum absolute atomic E-state index is 0.217. The van der Waals surface area contributed by atoms with Gasteiger partial charge in [-0.25, -0.2) is 0 Å². The summed E-state index contributed by atoms with van der Waals surface area (Å²) in [5.41, 5.74) is 3.00. The van der Waals surface area contributed by atoms with Gasteiger partial charge in [0.05, 0.1) is 24.0 Å². The Labute approximate surface area is 133 Å². The van der Waals surface area contributed by atoms with Gasteiger partial charge in [-0.3, -0.25) is 9.69 Å². The van der Waals surface area contributed by atoms with Crippen LogP contribution in [0, 0.1) is 0 Å². The van der Waals surface area contributed by atoms with Crippen LogP contribution in [0.15, 0.2) is 30.5 Å². The van der Waals surface area contributed by atoms with Crippen molar-refractivity contribution in [2.45, 2.75) is 19.1 Å². The number of benzene rings is 1. The molecule has 0 radical (unpaired) electrons. The van der Waals surface area contributed by atoms with Crippen molar-refractivity contribution < 1.29 is 9.90 Å². The maximum absolute atomic E-state index is 11.7. The van der Waals surface area contributed by atoms with E-state index in [9.17, 15) is 9.90 Å². The molecule has 2 heterocycles. The molecule has 1 unspecified atom stereocenters. The van der Waals surface area contributed by atoms with Crippen molar-refractivity contribution in [1.82, 2.24) is 19.0 Å². The third kappa shape index (κ3) is 3.68. The number of β-amino-alcohol motifs (C(OH)–C–C–N with tert-alkyl or cyclic N) is 1. The minimum atomic E-state index is -0.596. The fourth-order valence-electron chi connectivity index (χ4n) is 2.64. The summed E-state index contributed by atoms with van der Waals surface area (Å²) in [5.74, 6) is -0.295. The molecule has 1 aliphatic rings. The molecule has 0 aliphatic carbocycles. The van der Waals surface area contributed by atoms with E-state index < -0.39 is 6.10 Å². The van der Waals surface area contributed by atoms with Gasteiger partial charge in [0.2, 0.25) is 0 Å². The van der Waals surface area contributed by atoms with E-state index in [1.807, 2.05) is 6.07 Å². The summed E-state index contributed by atoms with van der Waals surface area (Å²) < 4.78 is 7.65. The van der Waals surface area contributed by atoms with Gasteiger partial charge in [-0.1, -0.05) is 24.3 Å². The number of fused-ring (bicyclic) bond motifs is 1. The van der Waals surface area contributed by atoms with Crippen LogP contribution in [0.3, 0.4) is 0 Å². The van der Waals surface area contributed by atoms with Crippen LogP contribution >= 0.6 is 11.7 Å². The number of amides is 1.